The van der Waals surface area contributed by atoms with E-state index in [0.717, 1.165) is 37.4 Å². The molecule has 1 aromatic carbocycles. The van der Waals surface area contributed by atoms with Crippen LogP contribution in [0.1, 0.15) is 31.2 Å². The highest BCUT2D eigenvalue weighted by Crippen LogP contribution is 2.29. The van der Waals surface area contributed by atoms with Gasteiger partial charge in [-0.15, -0.1) is 0 Å². The van der Waals surface area contributed by atoms with Crippen molar-refractivity contribution in [3.05, 3.63) is 46.9 Å². The lowest BCUT2D eigenvalue weighted by Crippen LogP contribution is -2.28. The number of carbonyl (C=O) groups excluding carboxylic acids is 2. The fraction of sp³-hybridized carbons (Fsp3) is 0.300. The summed E-state index contributed by atoms with van der Waals surface area (Å²) in [6, 6.07) is 4.69. The van der Waals surface area contributed by atoms with Gasteiger partial charge >= 0.3 is 0 Å². The molecule has 0 radical (unpaired) electrons. The third-order valence-corrected chi connectivity index (χ3v) is 5.71. The van der Waals surface area contributed by atoms with Gasteiger partial charge in [-0.2, -0.15) is 0 Å². The first-order valence-corrected chi connectivity index (χ1v) is 10.1. The minimum absolute atomic E-state index is 0.145. The van der Waals surface area contributed by atoms with E-state index >= 15 is 0 Å². The number of anilines is 1. The zero-order chi connectivity index (χ0) is 20.4. The molecule has 29 heavy (non-hydrogen) atoms. The third kappa shape index (κ3) is 4.63. The van der Waals surface area contributed by atoms with E-state index in [1.54, 1.807) is 24.5 Å². The molecule has 0 unspecified atom stereocenters. The monoisotopic (exact) mass is 414 g/mol. The molecule has 150 valence electrons. The van der Waals surface area contributed by atoms with Crippen LogP contribution < -0.4 is 10.6 Å². The van der Waals surface area contributed by atoms with Crippen LogP contribution >= 0.6 is 11.8 Å². The summed E-state index contributed by atoms with van der Waals surface area (Å²) in [5, 5.41) is 14.6. The lowest BCUT2D eigenvalue weighted by Gasteiger charge is -2.26. The van der Waals surface area contributed by atoms with Crippen molar-refractivity contribution in [2.24, 2.45) is 0 Å². The van der Waals surface area contributed by atoms with Gasteiger partial charge in [0.2, 0.25) is 0 Å². The van der Waals surface area contributed by atoms with Crippen LogP contribution in [0.4, 0.5) is 15.0 Å². The van der Waals surface area contributed by atoms with Gasteiger partial charge in [-0.3, -0.25) is 19.9 Å². The van der Waals surface area contributed by atoms with Crippen molar-refractivity contribution in [2.75, 3.05) is 5.32 Å². The van der Waals surface area contributed by atoms with Crippen molar-refractivity contribution >= 4 is 34.8 Å². The van der Waals surface area contributed by atoms with Gasteiger partial charge in [0, 0.05) is 17.2 Å². The minimum Gasteiger partial charge on any atom is -0.393 e. The highest BCUT2D eigenvalue weighted by molar-refractivity contribution is 8.18. The van der Waals surface area contributed by atoms with Crippen LogP contribution in [0, 0.1) is 5.82 Å². The Bertz CT molecular complexity index is 989. The van der Waals surface area contributed by atoms with Gasteiger partial charge in [0.15, 0.2) is 0 Å². The second-order valence-corrected chi connectivity index (χ2v) is 8.04. The molecular weight excluding hydrogens is 395 g/mol. The Hall–Kier alpha value is -2.78. The normalized spacial score (nSPS) is 23.3. The number of benzene rings is 1. The SMILES string of the molecule is O=C1NC(=O)/C(=C\c2cc(-c3cncc(NC4CCC(O)CC4)n3)ccc2F)S1. The molecule has 1 saturated carbocycles. The Morgan fingerprint density at radius 2 is 2.00 bits per heavy atom. The minimum atomic E-state index is -0.534. The molecule has 7 nitrogen and oxygen atoms in total. The molecule has 1 saturated heterocycles. The van der Waals surface area contributed by atoms with Crippen LogP contribution in [-0.2, 0) is 4.79 Å². The lowest BCUT2D eigenvalue weighted by molar-refractivity contribution is -0.115. The smallest absolute Gasteiger partial charge is 0.290 e. The predicted octanol–water partition coefficient (Wildman–Crippen LogP) is 3.32. The summed E-state index contributed by atoms with van der Waals surface area (Å²) in [6.45, 7) is 0. The van der Waals surface area contributed by atoms with E-state index in [4.69, 9.17) is 0 Å². The van der Waals surface area contributed by atoms with E-state index in [9.17, 15) is 19.1 Å². The summed E-state index contributed by atoms with van der Waals surface area (Å²) in [4.78, 5) is 32.0. The van der Waals surface area contributed by atoms with Gasteiger partial charge in [0.25, 0.3) is 11.1 Å². The van der Waals surface area contributed by atoms with Gasteiger partial charge in [0.1, 0.15) is 11.6 Å². The first kappa shape index (κ1) is 19.5. The van der Waals surface area contributed by atoms with E-state index in [-0.39, 0.29) is 22.6 Å². The summed E-state index contributed by atoms with van der Waals surface area (Å²) in [6.07, 6.45) is 7.58. The predicted molar refractivity (Wildman–Crippen MR) is 108 cm³/mol. The molecule has 1 aromatic heterocycles. The second-order valence-electron chi connectivity index (χ2n) is 7.03. The summed E-state index contributed by atoms with van der Waals surface area (Å²) in [7, 11) is 0. The molecule has 2 amide bonds. The highest BCUT2D eigenvalue weighted by atomic mass is 32.2. The van der Waals surface area contributed by atoms with E-state index in [0.29, 0.717) is 17.1 Å². The average Bonchev–Trinajstić information content (AvgIpc) is 3.02. The Balaban J connectivity index is 1.56. The quantitative estimate of drug-likeness (QED) is 0.659. The largest absolute Gasteiger partial charge is 0.393 e. The Kier molecular flexibility index (Phi) is 5.59. The van der Waals surface area contributed by atoms with Crippen LogP contribution in [0.15, 0.2) is 35.5 Å². The van der Waals surface area contributed by atoms with Crippen LogP contribution in [-0.4, -0.2) is 38.4 Å². The number of carbonyl (C=O) groups is 2. The number of aliphatic hydroxyl groups excluding tert-OH is 1. The van der Waals surface area contributed by atoms with Crippen molar-refractivity contribution in [1.82, 2.24) is 15.3 Å². The lowest BCUT2D eigenvalue weighted by atomic mass is 9.93. The Labute approximate surface area is 170 Å². The Morgan fingerprint density at radius 1 is 1.21 bits per heavy atom. The molecule has 1 aliphatic heterocycles. The molecule has 1 aliphatic carbocycles. The van der Waals surface area contributed by atoms with Gasteiger partial charge in [-0.25, -0.2) is 9.37 Å². The number of aliphatic hydroxyl groups is 1. The van der Waals surface area contributed by atoms with Crippen LogP contribution in [0.2, 0.25) is 0 Å². The van der Waals surface area contributed by atoms with Gasteiger partial charge in [-0.1, -0.05) is 0 Å². The average molecular weight is 414 g/mol. The molecule has 2 aliphatic rings. The van der Waals surface area contributed by atoms with Crippen LogP contribution in [0.5, 0.6) is 0 Å². The molecule has 2 heterocycles. The van der Waals surface area contributed by atoms with E-state index < -0.39 is 17.0 Å². The molecule has 0 bridgehead atoms. The zero-order valence-electron chi connectivity index (χ0n) is 15.4. The van der Waals surface area contributed by atoms with Crippen molar-refractivity contribution < 1.29 is 19.1 Å². The van der Waals surface area contributed by atoms with Gasteiger partial charge < -0.3 is 10.4 Å². The number of nitrogens with one attached hydrogen (secondary N) is 2. The van der Waals surface area contributed by atoms with Crippen LogP contribution in [0.25, 0.3) is 17.3 Å². The van der Waals surface area contributed by atoms with E-state index in [2.05, 4.69) is 20.6 Å². The molecule has 0 spiro atoms. The first-order valence-electron chi connectivity index (χ1n) is 9.29. The van der Waals surface area contributed by atoms with E-state index in [1.807, 2.05) is 0 Å². The van der Waals surface area contributed by atoms with E-state index in [1.165, 1.54) is 12.1 Å². The van der Waals surface area contributed by atoms with Crippen LogP contribution in [0.3, 0.4) is 0 Å². The van der Waals surface area contributed by atoms with Gasteiger partial charge in [-0.05, 0) is 61.7 Å². The fourth-order valence-electron chi connectivity index (χ4n) is 3.38. The zero-order valence-corrected chi connectivity index (χ0v) is 16.2. The molecule has 9 heteroatoms. The third-order valence-electron chi connectivity index (χ3n) is 4.90. The first-order chi connectivity index (χ1) is 14.0. The maximum atomic E-state index is 14.2. The summed E-state index contributed by atoms with van der Waals surface area (Å²) in [5.41, 5.74) is 1.39. The number of thioether (sulfide) groups is 1. The van der Waals surface area contributed by atoms with Crippen molar-refractivity contribution in [3.8, 4) is 11.3 Å². The number of amides is 2. The fourth-order valence-corrected chi connectivity index (χ4v) is 4.05. The number of hydrogen-bond donors (Lipinski definition) is 3. The molecule has 2 aromatic rings. The number of aromatic nitrogens is 2. The Morgan fingerprint density at radius 3 is 2.72 bits per heavy atom. The summed E-state index contributed by atoms with van der Waals surface area (Å²) < 4.78 is 14.2. The summed E-state index contributed by atoms with van der Waals surface area (Å²) in [5.74, 6) is -0.421. The molecule has 0 atom stereocenters. The van der Waals surface area contributed by atoms with Crippen molar-refractivity contribution in [1.29, 1.82) is 0 Å². The number of imide groups is 1. The standard InChI is InChI=1S/C20H19FN4O3S/c21-15-6-1-11(7-12(15)8-17-19(27)25-20(28)29-17)16-9-22-10-18(24-16)23-13-2-4-14(26)5-3-13/h1,6-10,13-14,26H,2-5H2,(H,23,24)(H,25,27,28)/b17-8+. The second kappa shape index (κ2) is 8.30. The molecular formula is C20H19FN4O3S. The molecule has 3 N–H and O–H groups in total. The van der Waals surface area contributed by atoms with Crippen molar-refractivity contribution in [2.45, 2.75) is 37.8 Å². The number of rotatable bonds is 4. The summed E-state index contributed by atoms with van der Waals surface area (Å²) >= 11 is 0.740. The molecule has 4 rings (SSSR count). The number of hydrogen-bond acceptors (Lipinski definition) is 7. The maximum absolute atomic E-state index is 14.2. The topological polar surface area (TPSA) is 104 Å². The van der Waals surface area contributed by atoms with Gasteiger partial charge in [0.05, 0.1) is 29.1 Å². The molecule has 2 fully saturated rings. The number of halogens is 1. The highest BCUT2D eigenvalue weighted by Gasteiger charge is 2.25. The maximum Gasteiger partial charge on any atom is 0.290 e. The number of nitrogens with zero attached hydrogens (tertiary/aromatic N) is 2. The van der Waals surface area contributed by atoms with Crippen molar-refractivity contribution in [3.63, 3.8) is 0 Å².